The van der Waals surface area contributed by atoms with Crippen molar-refractivity contribution in [3.8, 4) is 0 Å². The number of carboxylic acid groups (broad SMARTS) is 1. The molecule has 2 N–H and O–H groups in total. The van der Waals surface area contributed by atoms with E-state index in [1.54, 1.807) is 29.2 Å². The lowest BCUT2D eigenvalue weighted by atomic mass is 9.85. The molecule has 0 unspecified atom stereocenters. The summed E-state index contributed by atoms with van der Waals surface area (Å²) in [7, 11) is 0. The maximum absolute atomic E-state index is 13.8. The van der Waals surface area contributed by atoms with Crippen molar-refractivity contribution in [3.63, 3.8) is 0 Å². The van der Waals surface area contributed by atoms with Crippen LogP contribution in [0.25, 0.3) is 0 Å². The van der Waals surface area contributed by atoms with Crippen LogP contribution in [-0.2, 0) is 29.0 Å². The van der Waals surface area contributed by atoms with Gasteiger partial charge in [0.25, 0.3) is 0 Å². The van der Waals surface area contributed by atoms with E-state index in [9.17, 15) is 19.5 Å². The van der Waals surface area contributed by atoms with Crippen LogP contribution >= 0.6 is 0 Å². The first-order chi connectivity index (χ1) is 15.4. The van der Waals surface area contributed by atoms with Crippen LogP contribution in [-0.4, -0.2) is 39.9 Å². The molecule has 1 aliphatic heterocycles. The lowest BCUT2D eigenvalue weighted by Crippen LogP contribution is -2.66. The zero-order valence-electron chi connectivity index (χ0n) is 18.6. The maximum Gasteiger partial charge on any atom is 0.336 e. The zero-order valence-corrected chi connectivity index (χ0v) is 18.6. The van der Waals surface area contributed by atoms with E-state index in [2.05, 4.69) is 17.4 Å². The van der Waals surface area contributed by atoms with Crippen molar-refractivity contribution in [1.29, 1.82) is 0 Å². The summed E-state index contributed by atoms with van der Waals surface area (Å²) in [5.74, 6) is -1.26. The molecular formula is C26H30N2O4. The van der Waals surface area contributed by atoms with E-state index in [0.29, 0.717) is 5.56 Å². The molecule has 0 bridgehead atoms. The standard InChI is InChI=1S/C26H30N2O4/c1-3-16(4-2)23-24(29)27-22(20-13-17-9-5-6-10-18(17)14-20)25(30)28(23)15-19-11-7-8-12-21(19)26(31)32/h5-12,16,20,22-23H,3-4,13-15H2,1-2H3,(H,27,29)(H,31,32)/t22-,23-/m1/s1. The van der Waals surface area contributed by atoms with Crippen molar-refractivity contribution >= 4 is 17.8 Å². The summed E-state index contributed by atoms with van der Waals surface area (Å²) < 4.78 is 0. The zero-order chi connectivity index (χ0) is 22.8. The average molecular weight is 435 g/mol. The van der Waals surface area contributed by atoms with Gasteiger partial charge in [-0.2, -0.15) is 0 Å². The van der Waals surface area contributed by atoms with Crippen molar-refractivity contribution in [2.24, 2.45) is 11.8 Å². The van der Waals surface area contributed by atoms with Crippen LogP contribution in [0.4, 0.5) is 0 Å². The van der Waals surface area contributed by atoms with Gasteiger partial charge in [0, 0.05) is 6.54 Å². The van der Waals surface area contributed by atoms with Gasteiger partial charge in [-0.3, -0.25) is 9.59 Å². The maximum atomic E-state index is 13.8. The smallest absolute Gasteiger partial charge is 0.336 e. The molecule has 2 aromatic carbocycles. The van der Waals surface area contributed by atoms with Crippen LogP contribution in [0.2, 0.25) is 0 Å². The number of hydrogen-bond acceptors (Lipinski definition) is 3. The van der Waals surface area contributed by atoms with E-state index in [1.807, 2.05) is 26.0 Å². The second-order valence-electron chi connectivity index (χ2n) is 8.87. The van der Waals surface area contributed by atoms with Crippen molar-refractivity contribution in [3.05, 3.63) is 70.8 Å². The minimum atomic E-state index is -1.03. The lowest BCUT2D eigenvalue weighted by molar-refractivity contribution is -0.154. The van der Waals surface area contributed by atoms with Gasteiger partial charge in [0.1, 0.15) is 12.1 Å². The topological polar surface area (TPSA) is 86.7 Å². The number of rotatable bonds is 7. The summed E-state index contributed by atoms with van der Waals surface area (Å²) in [4.78, 5) is 40.5. The fourth-order valence-corrected chi connectivity index (χ4v) is 5.34. The Labute approximate surface area is 188 Å². The van der Waals surface area contributed by atoms with Gasteiger partial charge in [-0.25, -0.2) is 4.79 Å². The van der Waals surface area contributed by atoms with E-state index < -0.39 is 18.1 Å². The van der Waals surface area contributed by atoms with Crippen molar-refractivity contribution in [1.82, 2.24) is 10.2 Å². The first-order valence-electron chi connectivity index (χ1n) is 11.4. The molecule has 1 heterocycles. The largest absolute Gasteiger partial charge is 0.478 e. The van der Waals surface area contributed by atoms with Crippen LogP contribution in [0.15, 0.2) is 48.5 Å². The Hall–Kier alpha value is -3.15. The third kappa shape index (κ3) is 4.01. The molecule has 2 amide bonds. The van der Waals surface area contributed by atoms with Crippen LogP contribution in [0, 0.1) is 11.8 Å². The predicted octanol–water partition coefficient (Wildman–Crippen LogP) is 3.43. The molecule has 2 atom stereocenters. The highest BCUT2D eigenvalue weighted by Crippen LogP contribution is 2.33. The number of piperazine rings is 1. The molecule has 32 heavy (non-hydrogen) atoms. The number of hydrogen-bond donors (Lipinski definition) is 2. The third-order valence-electron chi connectivity index (χ3n) is 7.09. The van der Waals surface area contributed by atoms with Crippen molar-refractivity contribution in [2.75, 3.05) is 0 Å². The summed E-state index contributed by atoms with van der Waals surface area (Å²) >= 11 is 0. The molecule has 4 rings (SSSR count). The first-order valence-corrected chi connectivity index (χ1v) is 11.4. The quantitative estimate of drug-likeness (QED) is 0.699. The second kappa shape index (κ2) is 9.15. The third-order valence-corrected chi connectivity index (χ3v) is 7.09. The molecule has 0 radical (unpaired) electrons. The SMILES string of the molecule is CCC(CC)[C@@H]1C(=O)N[C@H](C2Cc3ccccc3C2)C(=O)N1Cc1ccccc1C(=O)O. The molecule has 6 heteroatoms. The van der Waals surface area contributed by atoms with Crippen LogP contribution in [0.1, 0.15) is 53.7 Å². The molecule has 168 valence electrons. The van der Waals surface area contributed by atoms with Gasteiger partial charge >= 0.3 is 5.97 Å². The Bertz CT molecular complexity index is 1000. The van der Waals surface area contributed by atoms with Gasteiger partial charge in [-0.1, -0.05) is 69.2 Å². The van der Waals surface area contributed by atoms with Crippen molar-refractivity contribution in [2.45, 2.75) is 58.2 Å². The van der Waals surface area contributed by atoms with E-state index in [1.165, 1.54) is 11.1 Å². The Morgan fingerprint density at radius 3 is 2.22 bits per heavy atom. The monoisotopic (exact) mass is 434 g/mol. The number of nitrogens with one attached hydrogen (secondary N) is 1. The molecule has 1 aliphatic carbocycles. The van der Waals surface area contributed by atoms with Crippen LogP contribution < -0.4 is 5.32 Å². The second-order valence-corrected chi connectivity index (χ2v) is 8.87. The lowest BCUT2D eigenvalue weighted by Gasteiger charge is -2.43. The molecule has 1 fully saturated rings. The number of fused-ring (bicyclic) bond motifs is 1. The van der Waals surface area contributed by atoms with Gasteiger partial charge in [0.2, 0.25) is 11.8 Å². The number of aromatic carboxylic acids is 1. The molecule has 1 saturated heterocycles. The number of carboxylic acids is 1. The Morgan fingerprint density at radius 2 is 1.62 bits per heavy atom. The van der Waals surface area contributed by atoms with E-state index in [0.717, 1.165) is 25.7 Å². The summed E-state index contributed by atoms with van der Waals surface area (Å²) in [6.45, 7) is 4.16. The average Bonchev–Trinajstić information content (AvgIpc) is 3.22. The van der Waals surface area contributed by atoms with Crippen molar-refractivity contribution < 1.29 is 19.5 Å². The van der Waals surface area contributed by atoms with E-state index in [4.69, 9.17) is 0 Å². The van der Waals surface area contributed by atoms with E-state index in [-0.39, 0.29) is 35.8 Å². The number of nitrogens with zero attached hydrogens (tertiary/aromatic N) is 1. The Morgan fingerprint density at radius 1 is 1.03 bits per heavy atom. The number of amides is 2. The fourth-order valence-electron chi connectivity index (χ4n) is 5.34. The highest BCUT2D eigenvalue weighted by molar-refractivity contribution is 5.97. The normalized spacial score (nSPS) is 21.0. The molecule has 2 aliphatic rings. The van der Waals surface area contributed by atoms with Crippen LogP contribution in [0.5, 0.6) is 0 Å². The molecule has 0 saturated carbocycles. The highest BCUT2D eigenvalue weighted by atomic mass is 16.4. The van der Waals surface area contributed by atoms with E-state index >= 15 is 0 Å². The van der Waals surface area contributed by atoms with Gasteiger partial charge in [-0.05, 0) is 47.4 Å². The highest BCUT2D eigenvalue weighted by Gasteiger charge is 2.47. The Balaban J connectivity index is 1.67. The molecule has 6 nitrogen and oxygen atoms in total. The number of benzene rings is 2. The minimum absolute atomic E-state index is 0.00344. The van der Waals surface area contributed by atoms with Gasteiger partial charge in [0.15, 0.2) is 0 Å². The van der Waals surface area contributed by atoms with Gasteiger partial charge in [-0.15, -0.1) is 0 Å². The summed E-state index contributed by atoms with van der Waals surface area (Å²) in [5.41, 5.74) is 3.17. The predicted molar refractivity (Wildman–Crippen MR) is 121 cm³/mol. The number of carbonyl (C=O) groups excluding carboxylic acids is 2. The molecule has 2 aromatic rings. The number of carbonyl (C=O) groups is 3. The van der Waals surface area contributed by atoms with Crippen LogP contribution in [0.3, 0.4) is 0 Å². The molecular weight excluding hydrogens is 404 g/mol. The van der Waals surface area contributed by atoms with Gasteiger partial charge < -0.3 is 15.3 Å². The fraction of sp³-hybridized carbons (Fsp3) is 0.423. The Kier molecular flexibility index (Phi) is 6.31. The summed E-state index contributed by atoms with van der Waals surface area (Å²) in [6, 6.07) is 13.7. The summed E-state index contributed by atoms with van der Waals surface area (Å²) in [5, 5.41) is 12.7. The summed E-state index contributed by atoms with van der Waals surface area (Å²) in [6.07, 6.45) is 3.03. The first kappa shape index (κ1) is 22.1. The molecule has 0 spiro atoms. The minimum Gasteiger partial charge on any atom is -0.478 e. The van der Waals surface area contributed by atoms with Gasteiger partial charge in [0.05, 0.1) is 5.56 Å². The molecule has 0 aromatic heterocycles.